The van der Waals surface area contributed by atoms with Gasteiger partial charge in [0.25, 0.3) is 0 Å². The van der Waals surface area contributed by atoms with Crippen molar-refractivity contribution in [1.82, 2.24) is 20.0 Å². The van der Waals surface area contributed by atoms with Crippen LogP contribution in [-0.4, -0.2) is 51.9 Å². The molecule has 176 valence electrons. The second-order valence-electron chi connectivity index (χ2n) is 8.52. The lowest BCUT2D eigenvalue weighted by atomic mass is 9.81. The largest absolute Gasteiger partial charge is 0.425 e. The molecule has 0 unspecified atom stereocenters. The van der Waals surface area contributed by atoms with Crippen LogP contribution in [0.2, 0.25) is 0 Å². The van der Waals surface area contributed by atoms with Gasteiger partial charge in [0.15, 0.2) is 0 Å². The lowest BCUT2D eigenvalue weighted by Crippen LogP contribution is -2.50. The van der Waals surface area contributed by atoms with Crippen molar-refractivity contribution in [3.8, 4) is 0 Å². The van der Waals surface area contributed by atoms with E-state index >= 15 is 0 Å². The average Bonchev–Trinajstić information content (AvgIpc) is 3.39. The predicted octanol–water partition coefficient (Wildman–Crippen LogP) is 3.04. The number of aryl methyl sites for hydroxylation is 1. The number of piperidine rings is 1. The number of hydrogen-bond donors (Lipinski definition) is 2. The zero-order valence-electron chi connectivity index (χ0n) is 18.0. The number of fused-ring (bicyclic) bond motifs is 2. The summed E-state index contributed by atoms with van der Waals surface area (Å²) in [4.78, 5) is 13.5. The van der Waals surface area contributed by atoms with Gasteiger partial charge in [-0.2, -0.15) is 18.3 Å². The predicted molar refractivity (Wildman–Crippen MR) is 112 cm³/mol. The first kappa shape index (κ1) is 23.2. The zero-order chi connectivity index (χ0) is 23.1. The van der Waals surface area contributed by atoms with E-state index in [1.807, 2.05) is 13.1 Å². The van der Waals surface area contributed by atoms with E-state index in [0.29, 0.717) is 60.7 Å². The van der Waals surface area contributed by atoms with E-state index in [0.717, 1.165) is 11.6 Å². The number of rotatable bonds is 5. The molecule has 0 bridgehead atoms. The smallest absolute Gasteiger partial charge is 0.386 e. The number of aromatic nitrogens is 2. The first-order chi connectivity index (χ1) is 15.1. The van der Waals surface area contributed by atoms with E-state index in [2.05, 4.69) is 15.3 Å². The topological polar surface area (TPSA) is 79.6 Å². The van der Waals surface area contributed by atoms with Crippen LogP contribution in [-0.2, 0) is 34.4 Å². The number of likely N-dealkylation sites (tertiary alicyclic amines) is 1. The van der Waals surface area contributed by atoms with Crippen molar-refractivity contribution in [3.05, 3.63) is 39.3 Å². The van der Waals surface area contributed by atoms with Gasteiger partial charge < -0.3 is 15.2 Å². The summed E-state index contributed by atoms with van der Waals surface area (Å²) in [6, 6.07) is 1.15. The molecule has 2 N–H and O–H groups in total. The van der Waals surface area contributed by atoms with Crippen LogP contribution in [0, 0.1) is 0 Å². The van der Waals surface area contributed by atoms with Crippen molar-refractivity contribution < 1.29 is 27.8 Å². The van der Waals surface area contributed by atoms with Crippen LogP contribution in [0.4, 0.5) is 13.2 Å². The summed E-state index contributed by atoms with van der Waals surface area (Å²) in [6.45, 7) is 3.86. The molecule has 11 heteroatoms. The summed E-state index contributed by atoms with van der Waals surface area (Å²) < 4.78 is 47.7. The van der Waals surface area contributed by atoms with Crippen molar-refractivity contribution in [1.29, 1.82) is 0 Å². The fraction of sp³-hybridized carbons (Fsp3) is 0.619. The second kappa shape index (κ2) is 8.77. The number of aliphatic hydroxyl groups excluding tert-OH is 1. The molecule has 4 heterocycles. The Kier molecular flexibility index (Phi) is 6.36. The Bertz CT molecular complexity index is 976. The number of ether oxygens (including phenoxy) is 1. The summed E-state index contributed by atoms with van der Waals surface area (Å²) in [7, 11) is 1.60. The molecule has 1 saturated heterocycles. The molecule has 0 aromatic carbocycles. The van der Waals surface area contributed by atoms with Crippen molar-refractivity contribution in [2.45, 2.75) is 63.2 Å². The van der Waals surface area contributed by atoms with Crippen LogP contribution in [0.1, 0.15) is 53.2 Å². The number of nitrogens with zero attached hydrogens (tertiary/aromatic N) is 3. The van der Waals surface area contributed by atoms with Crippen LogP contribution in [0.25, 0.3) is 0 Å². The molecule has 7 nitrogen and oxygen atoms in total. The Morgan fingerprint density at radius 1 is 1.47 bits per heavy atom. The summed E-state index contributed by atoms with van der Waals surface area (Å²) in [5.41, 5.74) is 0.573. The van der Waals surface area contributed by atoms with Gasteiger partial charge >= 0.3 is 6.18 Å². The number of aliphatic hydroxyl groups is 1. The van der Waals surface area contributed by atoms with E-state index < -0.39 is 22.8 Å². The van der Waals surface area contributed by atoms with Crippen molar-refractivity contribution in [2.75, 3.05) is 20.2 Å². The maximum atomic E-state index is 13.3. The number of hydrogen-bond acceptors (Lipinski definition) is 6. The zero-order valence-corrected chi connectivity index (χ0v) is 18.8. The standard InChI is InChI=1S/C21H27F3N4O3S/c1-13-8-20(19-15(16(29)12-31-20)7-17(32-19)21(22,23)24)4-6-27(13)10-14-9-26-28(11-14)5-3-18(30)25-2/h7,9,11,13,16,29H,3-6,8,10,12H2,1-2H3,(H,25,30)/t13-,16+,20+/m0/s1. The molecule has 1 spiro atoms. The van der Waals surface area contributed by atoms with Gasteiger partial charge in [-0.05, 0) is 25.8 Å². The van der Waals surface area contributed by atoms with Gasteiger partial charge in [0.2, 0.25) is 5.91 Å². The molecule has 2 aliphatic rings. The molecule has 4 rings (SSSR count). The third-order valence-corrected chi connectivity index (χ3v) is 7.68. The number of amides is 1. The van der Waals surface area contributed by atoms with Gasteiger partial charge in [0, 0.05) is 61.3 Å². The molecule has 2 aromatic heterocycles. The first-order valence-electron chi connectivity index (χ1n) is 10.6. The van der Waals surface area contributed by atoms with Gasteiger partial charge in [-0.15, -0.1) is 11.3 Å². The highest BCUT2D eigenvalue weighted by molar-refractivity contribution is 7.12. The first-order valence-corrected chi connectivity index (χ1v) is 11.4. The Hall–Kier alpha value is -1.95. The quantitative estimate of drug-likeness (QED) is 0.700. The SMILES string of the molecule is CNC(=O)CCn1cc(CN2CC[C@]3(C[C@@H]2C)OC[C@@H](O)c2cc(C(F)(F)F)sc23)cn1. The molecule has 0 saturated carbocycles. The van der Waals surface area contributed by atoms with Crippen molar-refractivity contribution in [3.63, 3.8) is 0 Å². The molecular formula is C21H27F3N4O3S. The number of carbonyl (C=O) groups excluding carboxylic acids is 1. The molecular weight excluding hydrogens is 445 g/mol. The van der Waals surface area contributed by atoms with Crippen LogP contribution in [0.3, 0.4) is 0 Å². The highest BCUT2D eigenvalue weighted by atomic mass is 32.1. The molecule has 32 heavy (non-hydrogen) atoms. The summed E-state index contributed by atoms with van der Waals surface area (Å²) in [5, 5.41) is 17.1. The molecule has 0 radical (unpaired) electrons. The molecule has 1 amide bonds. The van der Waals surface area contributed by atoms with E-state index in [9.17, 15) is 23.1 Å². The Morgan fingerprint density at radius 2 is 2.25 bits per heavy atom. The Balaban J connectivity index is 1.45. The number of thiophene rings is 1. The monoisotopic (exact) mass is 472 g/mol. The molecule has 0 aliphatic carbocycles. The lowest BCUT2D eigenvalue weighted by Gasteiger charge is -2.47. The van der Waals surface area contributed by atoms with E-state index in [1.54, 1.807) is 17.9 Å². The lowest BCUT2D eigenvalue weighted by molar-refractivity contribution is -0.139. The fourth-order valence-electron chi connectivity index (χ4n) is 4.55. The average molecular weight is 473 g/mol. The molecule has 2 aliphatic heterocycles. The van der Waals surface area contributed by atoms with Gasteiger partial charge in [0.1, 0.15) is 16.6 Å². The number of alkyl halides is 3. The minimum Gasteiger partial charge on any atom is -0.386 e. The van der Waals surface area contributed by atoms with Gasteiger partial charge in [-0.3, -0.25) is 14.4 Å². The number of carbonyl (C=O) groups is 1. The van der Waals surface area contributed by atoms with Crippen molar-refractivity contribution >= 4 is 17.2 Å². The van der Waals surface area contributed by atoms with E-state index in [1.165, 1.54) is 0 Å². The number of nitrogens with one attached hydrogen (secondary N) is 1. The summed E-state index contributed by atoms with van der Waals surface area (Å²) in [5.74, 6) is -0.0452. The summed E-state index contributed by atoms with van der Waals surface area (Å²) in [6.07, 6.45) is -0.312. The Morgan fingerprint density at radius 3 is 2.94 bits per heavy atom. The highest BCUT2D eigenvalue weighted by Gasteiger charge is 2.48. The Labute approximate surface area is 188 Å². The maximum absolute atomic E-state index is 13.3. The third kappa shape index (κ3) is 4.57. The fourth-order valence-corrected chi connectivity index (χ4v) is 5.82. The number of halogens is 3. The maximum Gasteiger partial charge on any atom is 0.425 e. The van der Waals surface area contributed by atoms with Crippen LogP contribution < -0.4 is 5.32 Å². The summed E-state index contributed by atoms with van der Waals surface area (Å²) >= 11 is 0.697. The van der Waals surface area contributed by atoms with Gasteiger partial charge in [0.05, 0.1) is 12.8 Å². The normalized spacial score (nSPS) is 26.3. The highest BCUT2D eigenvalue weighted by Crippen LogP contribution is 2.51. The van der Waals surface area contributed by atoms with Crippen LogP contribution in [0.15, 0.2) is 18.5 Å². The molecule has 3 atom stereocenters. The molecule has 1 fully saturated rings. The van der Waals surface area contributed by atoms with Crippen molar-refractivity contribution in [2.24, 2.45) is 0 Å². The minimum atomic E-state index is -4.44. The van der Waals surface area contributed by atoms with Gasteiger partial charge in [-0.25, -0.2) is 0 Å². The van der Waals surface area contributed by atoms with E-state index in [-0.39, 0.29) is 18.6 Å². The molecule has 2 aromatic rings. The van der Waals surface area contributed by atoms with E-state index in [4.69, 9.17) is 4.74 Å². The second-order valence-corrected chi connectivity index (χ2v) is 9.57. The minimum absolute atomic E-state index is 0.00581. The third-order valence-electron chi connectivity index (χ3n) is 6.30. The van der Waals surface area contributed by atoms with Crippen LogP contribution in [0.5, 0.6) is 0 Å². The van der Waals surface area contributed by atoms with Gasteiger partial charge in [-0.1, -0.05) is 0 Å². The van der Waals surface area contributed by atoms with Crippen LogP contribution >= 0.6 is 11.3 Å².